The standard InChI is InChI=1S/C8H6N2O2S.C7H5N3O2S/c1-5-9-7-4-6(10(11)12)2-3-8(7)13-5;8-7-9-5-2-1-4(10(11)12)3-6(5)13-7/h2-4H,1H3;1-3H,(H2,8,9). The van der Waals surface area contributed by atoms with Crippen molar-refractivity contribution in [1.29, 1.82) is 0 Å². The van der Waals surface area contributed by atoms with Crippen molar-refractivity contribution in [2.24, 2.45) is 0 Å². The van der Waals surface area contributed by atoms with Crippen LogP contribution in [0.4, 0.5) is 16.5 Å². The maximum atomic E-state index is 10.4. The van der Waals surface area contributed by atoms with Gasteiger partial charge in [0.15, 0.2) is 5.13 Å². The van der Waals surface area contributed by atoms with Crippen molar-refractivity contribution >= 4 is 59.6 Å². The lowest BCUT2D eigenvalue weighted by Crippen LogP contribution is -1.86. The van der Waals surface area contributed by atoms with Gasteiger partial charge in [0, 0.05) is 24.3 Å². The minimum absolute atomic E-state index is 0.0659. The lowest BCUT2D eigenvalue weighted by molar-refractivity contribution is -0.384. The molecule has 0 radical (unpaired) electrons. The lowest BCUT2D eigenvalue weighted by atomic mass is 10.3. The fourth-order valence-corrected chi connectivity index (χ4v) is 3.76. The van der Waals surface area contributed by atoms with E-state index in [9.17, 15) is 20.2 Å². The van der Waals surface area contributed by atoms with E-state index >= 15 is 0 Å². The second kappa shape index (κ2) is 6.98. The molecule has 2 N–H and O–H groups in total. The molecule has 9 nitrogen and oxygen atoms in total. The van der Waals surface area contributed by atoms with Crippen molar-refractivity contribution in [1.82, 2.24) is 9.97 Å². The molecule has 132 valence electrons. The van der Waals surface area contributed by atoms with Gasteiger partial charge in [-0.2, -0.15) is 0 Å². The Labute approximate surface area is 154 Å². The van der Waals surface area contributed by atoms with Crippen LogP contribution in [-0.2, 0) is 0 Å². The molecule has 26 heavy (non-hydrogen) atoms. The Morgan fingerprint density at radius 2 is 1.54 bits per heavy atom. The Morgan fingerprint density at radius 3 is 2.23 bits per heavy atom. The zero-order valence-electron chi connectivity index (χ0n) is 13.3. The number of benzene rings is 2. The molecule has 11 heteroatoms. The van der Waals surface area contributed by atoms with Gasteiger partial charge in [-0.25, -0.2) is 9.97 Å². The summed E-state index contributed by atoms with van der Waals surface area (Å²) in [6.07, 6.45) is 0. The molecule has 2 heterocycles. The fourth-order valence-electron chi connectivity index (χ4n) is 2.19. The maximum absolute atomic E-state index is 10.4. The molecule has 0 bridgehead atoms. The van der Waals surface area contributed by atoms with Crippen LogP contribution in [0, 0.1) is 27.2 Å². The number of aromatic nitrogens is 2. The highest BCUT2D eigenvalue weighted by Gasteiger charge is 2.09. The molecule has 0 saturated carbocycles. The topological polar surface area (TPSA) is 138 Å². The summed E-state index contributed by atoms with van der Waals surface area (Å²) in [6.45, 7) is 1.89. The number of nitrogens with zero attached hydrogens (tertiary/aromatic N) is 4. The predicted octanol–water partition coefficient (Wildman–Crippen LogP) is 4.30. The molecule has 0 saturated heterocycles. The number of fused-ring (bicyclic) bond motifs is 2. The van der Waals surface area contributed by atoms with Gasteiger partial charge in [-0.15, -0.1) is 11.3 Å². The van der Waals surface area contributed by atoms with Crippen molar-refractivity contribution in [3.63, 3.8) is 0 Å². The van der Waals surface area contributed by atoms with Crippen molar-refractivity contribution in [2.45, 2.75) is 6.92 Å². The van der Waals surface area contributed by atoms with Gasteiger partial charge in [-0.3, -0.25) is 20.2 Å². The summed E-state index contributed by atoms with van der Waals surface area (Å²) in [6, 6.07) is 9.22. The highest BCUT2D eigenvalue weighted by atomic mass is 32.1. The minimum atomic E-state index is -0.435. The Bertz CT molecular complexity index is 1050. The maximum Gasteiger partial charge on any atom is 0.271 e. The first kappa shape index (κ1) is 17.6. The summed E-state index contributed by atoms with van der Waals surface area (Å²) >= 11 is 2.78. The number of nitro benzene ring substituents is 2. The van der Waals surface area contributed by atoms with Crippen molar-refractivity contribution in [3.05, 3.63) is 61.6 Å². The van der Waals surface area contributed by atoms with E-state index in [2.05, 4.69) is 9.97 Å². The van der Waals surface area contributed by atoms with Crippen LogP contribution in [0.1, 0.15) is 5.01 Å². The molecule has 0 aliphatic heterocycles. The largest absolute Gasteiger partial charge is 0.375 e. The number of nitrogens with two attached hydrogens (primary N) is 1. The van der Waals surface area contributed by atoms with E-state index in [1.165, 1.54) is 46.9 Å². The van der Waals surface area contributed by atoms with E-state index in [4.69, 9.17) is 5.73 Å². The second-order valence-electron chi connectivity index (χ2n) is 5.10. The normalized spacial score (nSPS) is 10.5. The van der Waals surface area contributed by atoms with E-state index in [1.807, 2.05) is 6.92 Å². The average Bonchev–Trinajstić information content (AvgIpc) is 3.13. The summed E-state index contributed by atoms with van der Waals surface area (Å²) < 4.78 is 1.73. The number of nitro groups is 2. The van der Waals surface area contributed by atoms with E-state index < -0.39 is 9.85 Å². The molecule has 4 rings (SSSR count). The van der Waals surface area contributed by atoms with Crippen molar-refractivity contribution in [3.8, 4) is 0 Å². The molecule has 0 unspecified atom stereocenters. The van der Waals surface area contributed by atoms with Gasteiger partial charge in [0.25, 0.3) is 11.4 Å². The van der Waals surface area contributed by atoms with Crippen LogP contribution in [0.2, 0.25) is 0 Å². The van der Waals surface area contributed by atoms with Gasteiger partial charge in [-0.1, -0.05) is 11.3 Å². The SMILES string of the molecule is Cc1nc2cc([N+](=O)[O-])ccc2s1.Nc1nc2ccc([N+](=O)[O-])cc2s1. The number of non-ortho nitro benzene ring substituents is 2. The van der Waals surface area contributed by atoms with E-state index in [-0.39, 0.29) is 11.4 Å². The Balaban J connectivity index is 0.000000151. The monoisotopic (exact) mass is 389 g/mol. The van der Waals surface area contributed by atoms with Crippen LogP contribution in [0.3, 0.4) is 0 Å². The number of rotatable bonds is 2. The number of aryl methyl sites for hydroxylation is 1. The van der Waals surface area contributed by atoms with Crippen LogP contribution in [0.15, 0.2) is 36.4 Å². The van der Waals surface area contributed by atoms with Crippen LogP contribution in [-0.4, -0.2) is 19.8 Å². The highest BCUT2D eigenvalue weighted by molar-refractivity contribution is 7.22. The Morgan fingerprint density at radius 1 is 0.885 bits per heavy atom. The smallest absolute Gasteiger partial charge is 0.271 e. The Hall–Kier alpha value is -3.18. The lowest BCUT2D eigenvalue weighted by Gasteiger charge is -1.89. The molecule has 0 aliphatic rings. The number of hydrogen-bond acceptors (Lipinski definition) is 9. The zero-order valence-corrected chi connectivity index (χ0v) is 14.9. The second-order valence-corrected chi connectivity index (χ2v) is 7.40. The quantitative estimate of drug-likeness (QED) is 0.398. The third-order valence-electron chi connectivity index (χ3n) is 3.29. The molecule has 0 fully saturated rings. The van der Waals surface area contributed by atoms with E-state index in [0.717, 1.165) is 14.4 Å². The fraction of sp³-hybridized carbons (Fsp3) is 0.0667. The minimum Gasteiger partial charge on any atom is -0.375 e. The van der Waals surface area contributed by atoms with Gasteiger partial charge in [-0.05, 0) is 19.1 Å². The van der Waals surface area contributed by atoms with Crippen molar-refractivity contribution < 1.29 is 9.85 Å². The highest BCUT2D eigenvalue weighted by Crippen LogP contribution is 2.27. The molecule has 0 aliphatic carbocycles. The molecular weight excluding hydrogens is 378 g/mol. The number of thiazole rings is 2. The molecular formula is C15H11N5O4S2. The molecule has 0 atom stereocenters. The number of nitrogen functional groups attached to an aromatic ring is 1. The van der Waals surface area contributed by atoms with Gasteiger partial charge in [0.1, 0.15) is 0 Å². The van der Waals surface area contributed by atoms with Gasteiger partial charge >= 0.3 is 0 Å². The van der Waals surface area contributed by atoms with E-state index in [0.29, 0.717) is 16.2 Å². The number of hydrogen-bond donors (Lipinski definition) is 1. The molecule has 0 spiro atoms. The first-order chi connectivity index (χ1) is 12.3. The third kappa shape index (κ3) is 3.73. The van der Waals surface area contributed by atoms with Gasteiger partial charge in [0.05, 0.1) is 35.3 Å². The molecule has 2 aromatic heterocycles. The predicted molar refractivity (Wildman–Crippen MR) is 102 cm³/mol. The number of anilines is 1. The van der Waals surface area contributed by atoms with Gasteiger partial charge in [0.2, 0.25) is 0 Å². The summed E-state index contributed by atoms with van der Waals surface area (Å²) in [5.74, 6) is 0. The summed E-state index contributed by atoms with van der Waals surface area (Å²) in [5, 5.41) is 22.2. The summed E-state index contributed by atoms with van der Waals surface area (Å²) in [5.41, 5.74) is 7.02. The third-order valence-corrected chi connectivity index (χ3v) is 5.09. The van der Waals surface area contributed by atoms with Crippen LogP contribution < -0.4 is 5.73 Å². The van der Waals surface area contributed by atoms with Crippen LogP contribution >= 0.6 is 22.7 Å². The molecule has 4 aromatic rings. The van der Waals surface area contributed by atoms with Crippen LogP contribution in [0.25, 0.3) is 20.4 Å². The van der Waals surface area contributed by atoms with Crippen molar-refractivity contribution in [2.75, 3.05) is 5.73 Å². The van der Waals surface area contributed by atoms with E-state index in [1.54, 1.807) is 12.1 Å². The first-order valence-corrected chi connectivity index (χ1v) is 8.79. The summed E-state index contributed by atoms with van der Waals surface area (Å²) in [4.78, 5) is 28.2. The van der Waals surface area contributed by atoms with Crippen LogP contribution in [0.5, 0.6) is 0 Å². The zero-order chi connectivity index (χ0) is 18.8. The van der Waals surface area contributed by atoms with Gasteiger partial charge < -0.3 is 5.73 Å². The molecule has 0 amide bonds. The molecule has 2 aromatic carbocycles. The Kier molecular flexibility index (Phi) is 4.73. The summed E-state index contributed by atoms with van der Waals surface area (Å²) in [7, 11) is 0. The first-order valence-electron chi connectivity index (χ1n) is 7.15. The average molecular weight is 389 g/mol.